The second kappa shape index (κ2) is 12.3. The highest BCUT2D eigenvalue weighted by Crippen LogP contribution is 2.26. The van der Waals surface area contributed by atoms with Crippen LogP contribution in [0.1, 0.15) is 86.5 Å². The van der Waals surface area contributed by atoms with Gasteiger partial charge in [0.1, 0.15) is 0 Å². The van der Waals surface area contributed by atoms with Gasteiger partial charge in [-0.3, -0.25) is 4.79 Å². The summed E-state index contributed by atoms with van der Waals surface area (Å²) >= 11 is 0. The van der Waals surface area contributed by atoms with E-state index in [4.69, 9.17) is 0 Å². The number of likely N-dealkylation sites (N-methyl/N-ethyl adjacent to an activating group) is 1. The van der Waals surface area contributed by atoms with Gasteiger partial charge < -0.3 is 10.6 Å². The van der Waals surface area contributed by atoms with E-state index in [0.717, 1.165) is 25.8 Å². The van der Waals surface area contributed by atoms with Crippen molar-refractivity contribution >= 4 is 15.0 Å². The fourth-order valence-corrected chi connectivity index (χ4v) is 3.54. The monoisotopic (exact) mass is 384 g/mol. The van der Waals surface area contributed by atoms with Crippen LogP contribution in [-0.4, -0.2) is 36.1 Å². The predicted molar refractivity (Wildman–Crippen MR) is 120 cm³/mol. The minimum absolute atomic E-state index is 0.0358. The summed E-state index contributed by atoms with van der Waals surface area (Å²) in [4.78, 5) is 12.4. The van der Waals surface area contributed by atoms with Crippen molar-refractivity contribution in [1.29, 1.82) is 0 Å². The molecule has 0 aliphatic carbocycles. The zero-order valence-corrected chi connectivity index (χ0v) is 19.7. The number of ketones is 1. The lowest BCUT2D eigenvalue weighted by atomic mass is 9.83. The van der Waals surface area contributed by atoms with E-state index in [9.17, 15) is 4.79 Å². The standard InChI is InChI=1S/C22H45N2OP/c1-9-10-11-14-17(2)18(3)21(4,5)24-16-13-12-15-19(23-8)20(25)22(6,7)26/h17,19,23-24H,3,9-16,26H2,1-2,4-8H3. The molecule has 3 atom stereocenters. The van der Waals surface area contributed by atoms with E-state index >= 15 is 0 Å². The first-order valence-corrected chi connectivity index (χ1v) is 11.0. The van der Waals surface area contributed by atoms with Gasteiger partial charge in [0.15, 0.2) is 5.78 Å². The first-order valence-electron chi connectivity index (χ1n) is 10.4. The Kier molecular flexibility index (Phi) is 12.2. The molecular formula is C22H45N2OP. The van der Waals surface area contributed by atoms with E-state index in [1.165, 1.54) is 31.3 Å². The highest BCUT2D eigenvalue weighted by molar-refractivity contribution is 7.21. The Bertz CT molecular complexity index is 426. The van der Waals surface area contributed by atoms with Gasteiger partial charge in [-0.1, -0.05) is 51.7 Å². The molecule has 0 aromatic carbocycles. The molecule has 0 amide bonds. The molecule has 154 valence electrons. The number of hydrogen-bond donors (Lipinski definition) is 2. The lowest BCUT2D eigenvalue weighted by Gasteiger charge is -2.33. The minimum Gasteiger partial charge on any atom is -0.311 e. The van der Waals surface area contributed by atoms with Gasteiger partial charge in [-0.2, -0.15) is 0 Å². The van der Waals surface area contributed by atoms with Crippen LogP contribution in [0.4, 0.5) is 0 Å². The molecule has 0 heterocycles. The van der Waals surface area contributed by atoms with Crippen molar-refractivity contribution in [3.8, 4) is 0 Å². The number of rotatable bonds is 15. The fraction of sp³-hybridized carbons (Fsp3) is 0.864. The van der Waals surface area contributed by atoms with E-state index in [2.05, 4.69) is 54.1 Å². The first kappa shape index (κ1) is 25.8. The van der Waals surface area contributed by atoms with Crippen molar-refractivity contribution in [3.05, 3.63) is 12.2 Å². The zero-order chi connectivity index (χ0) is 20.4. The van der Waals surface area contributed by atoms with Crippen LogP contribution in [0, 0.1) is 5.92 Å². The summed E-state index contributed by atoms with van der Waals surface area (Å²) in [6.45, 7) is 18.3. The molecule has 3 unspecified atom stereocenters. The summed E-state index contributed by atoms with van der Waals surface area (Å²) in [5.41, 5.74) is 1.27. The molecule has 0 fully saturated rings. The molecule has 0 aromatic heterocycles. The van der Waals surface area contributed by atoms with Crippen molar-refractivity contribution in [2.24, 2.45) is 5.92 Å². The van der Waals surface area contributed by atoms with E-state index in [0.29, 0.717) is 5.92 Å². The molecule has 3 nitrogen and oxygen atoms in total. The summed E-state index contributed by atoms with van der Waals surface area (Å²) in [5.74, 6) is 0.826. The van der Waals surface area contributed by atoms with Gasteiger partial charge in [0, 0.05) is 10.7 Å². The average Bonchev–Trinajstić information content (AvgIpc) is 2.56. The van der Waals surface area contributed by atoms with Gasteiger partial charge in [0.25, 0.3) is 0 Å². The Morgan fingerprint density at radius 3 is 2.15 bits per heavy atom. The van der Waals surface area contributed by atoms with Crippen LogP contribution in [0.15, 0.2) is 12.2 Å². The maximum Gasteiger partial charge on any atom is 0.159 e. The minimum atomic E-state index is -0.362. The van der Waals surface area contributed by atoms with Gasteiger partial charge >= 0.3 is 0 Å². The third kappa shape index (κ3) is 9.62. The molecule has 4 heteroatoms. The lowest BCUT2D eigenvalue weighted by molar-refractivity contribution is -0.122. The summed E-state index contributed by atoms with van der Waals surface area (Å²) < 4.78 is 0. The van der Waals surface area contributed by atoms with Crippen molar-refractivity contribution in [2.45, 2.75) is 103 Å². The molecule has 0 aliphatic rings. The number of hydrogen-bond acceptors (Lipinski definition) is 3. The summed E-state index contributed by atoms with van der Waals surface area (Å²) in [6.07, 6.45) is 8.11. The van der Waals surface area contributed by atoms with Crippen LogP contribution in [-0.2, 0) is 4.79 Å². The zero-order valence-electron chi connectivity index (χ0n) is 18.5. The highest BCUT2D eigenvalue weighted by atomic mass is 31.0. The second-order valence-corrected chi connectivity index (χ2v) is 10.3. The molecule has 0 saturated carbocycles. The van der Waals surface area contributed by atoms with Gasteiger partial charge in [-0.25, -0.2) is 0 Å². The quantitative estimate of drug-likeness (QED) is 0.234. The predicted octanol–water partition coefficient (Wildman–Crippen LogP) is 5.11. The Morgan fingerprint density at radius 1 is 1.08 bits per heavy atom. The van der Waals surface area contributed by atoms with Crippen LogP contribution >= 0.6 is 9.24 Å². The molecule has 0 radical (unpaired) electrons. The highest BCUT2D eigenvalue weighted by Gasteiger charge is 2.28. The molecule has 26 heavy (non-hydrogen) atoms. The van der Waals surface area contributed by atoms with E-state index in [1.54, 1.807) is 0 Å². The molecule has 0 rings (SSSR count). The van der Waals surface area contributed by atoms with Crippen LogP contribution in [0.3, 0.4) is 0 Å². The first-order chi connectivity index (χ1) is 12.0. The Labute approximate surface area is 165 Å². The normalized spacial score (nSPS) is 14.9. The molecule has 0 bridgehead atoms. The Hall–Kier alpha value is -0.240. The van der Waals surface area contributed by atoms with Crippen LogP contribution in [0.5, 0.6) is 0 Å². The number of nitrogens with one attached hydrogen (secondary N) is 2. The summed E-state index contributed by atoms with van der Waals surface area (Å²) in [6, 6.07) is -0.0518. The number of unbranched alkanes of at least 4 members (excludes halogenated alkanes) is 3. The molecular weight excluding hydrogens is 339 g/mol. The maximum atomic E-state index is 12.4. The van der Waals surface area contributed by atoms with Crippen LogP contribution in [0.25, 0.3) is 0 Å². The number of carbonyl (C=O) groups excluding carboxylic acids is 1. The topological polar surface area (TPSA) is 41.1 Å². The second-order valence-electron chi connectivity index (χ2n) is 8.90. The number of carbonyl (C=O) groups is 1. The molecule has 0 spiro atoms. The van der Waals surface area contributed by atoms with Crippen LogP contribution in [0.2, 0.25) is 0 Å². The maximum absolute atomic E-state index is 12.4. The number of Topliss-reactive ketones (excluding diaryl/α,β-unsaturated/α-hetero) is 1. The summed E-state index contributed by atoms with van der Waals surface area (Å²) in [7, 11) is 4.53. The summed E-state index contributed by atoms with van der Waals surface area (Å²) in [5, 5.41) is 6.49. The van der Waals surface area contributed by atoms with Crippen LogP contribution < -0.4 is 10.6 Å². The Balaban J connectivity index is 4.24. The Morgan fingerprint density at radius 2 is 1.65 bits per heavy atom. The van der Waals surface area contributed by atoms with E-state index in [-0.39, 0.29) is 22.5 Å². The largest absolute Gasteiger partial charge is 0.311 e. The molecule has 0 aliphatic heterocycles. The van der Waals surface area contributed by atoms with Crippen molar-refractivity contribution in [1.82, 2.24) is 10.6 Å². The molecule has 0 saturated heterocycles. The fourth-order valence-electron chi connectivity index (χ4n) is 3.33. The SMILES string of the molecule is C=C(C(C)CCCCC)C(C)(C)NCCCCC(NC)C(=O)C(C)(C)P. The molecule has 0 aromatic rings. The van der Waals surface area contributed by atoms with E-state index < -0.39 is 0 Å². The van der Waals surface area contributed by atoms with Crippen molar-refractivity contribution in [3.63, 3.8) is 0 Å². The van der Waals surface area contributed by atoms with Crippen molar-refractivity contribution < 1.29 is 4.79 Å². The van der Waals surface area contributed by atoms with Gasteiger partial charge in [-0.15, -0.1) is 9.24 Å². The van der Waals surface area contributed by atoms with Gasteiger partial charge in [0.05, 0.1) is 6.04 Å². The average molecular weight is 385 g/mol. The smallest absolute Gasteiger partial charge is 0.159 e. The van der Waals surface area contributed by atoms with E-state index in [1.807, 2.05) is 20.9 Å². The molecule has 2 N–H and O–H groups in total. The third-order valence-electron chi connectivity index (χ3n) is 5.42. The lowest BCUT2D eigenvalue weighted by Crippen LogP contribution is -2.44. The third-order valence-corrected chi connectivity index (χ3v) is 5.71. The van der Waals surface area contributed by atoms with Crippen molar-refractivity contribution in [2.75, 3.05) is 13.6 Å². The van der Waals surface area contributed by atoms with Gasteiger partial charge in [0.2, 0.25) is 0 Å². The van der Waals surface area contributed by atoms with Gasteiger partial charge in [-0.05, 0) is 66.5 Å².